The number of halogens is 3. The number of hydrogen-bond acceptors (Lipinski definition) is 4. The lowest BCUT2D eigenvalue weighted by molar-refractivity contribution is -0.136. The average molecular weight is 444 g/mol. The van der Waals surface area contributed by atoms with Gasteiger partial charge in [0.05, 0.1) is 29.7 Å². The van der Waals surface area contributed by atoms with Gasteiger partial charge in [-0.25, -0.2) is 0 Å². The van der Waals surface area contributed by atoms with Crippen LogP contribution in [0.25, 0.3) is 0 Å². The predicted molar refractivity (Wildman–Crippen MR) is 111 cm³/mol. The van der Waals surface area contributed by atoms with Crippen molar-refractivity contribution in [3.8, 4) is 5.75 Å². The maximum atomic E-state index is 13.6. The number of furan rings is 1. The Labute approximate surface area is 181 Å². The van der Waals surface area contributed by atoms with Crippen molar-refractivity contribution in [2.75, 3.05) is 17.2 Å². The zero-order chi connectivity index (χ0) is 22.7. The SMILES string of the molecule is O=C(Nc1ccc(NC(=O)c2ccc(OCC3CC3)cc2)c(C(F)(F)F)c1)c1ccoc1. The lowest BCUT2D eigenvalue weighted by Gasteiger charge is -2.16. The molecule has 3 aromatic rings. The topological polar surface area (TPSA) is 80.6 Å². The Kier molecular flexibility index (Phi) is 5.89. The summed E-state index contributed by atoms with van der Waals surface area (Å²) in [5.74, 6) is -0.138. The van der Waals surface area contributed by atoms with Crippen LogP contribution >= 0.6 is 0 Å². The number of carbonyl (C=O) groups is 2. The summed E-state index contributed by atoms with van der Waals surface area (Å²) in [7, 11) is 0. The van der Waals surface area contributed by atoms with Gasteiger partial charge in [0, 0.05) is 11.3 Å². The maximum absolute atomic E-state index is 13.6. The summed E-state index contributed by atoms with van der Waals surface area (Å²) in [5, 5.41) is 4.67. The van der Waals surface area contributed by atoms with E-state index in [0.717, 1.165) is 25.0 Å². The van der Waals surface area contributed by atoms with Gasteiger partial charge < -0.3 is 19.8 Å². The molecule has 0 saturated heterocycles. The first-order valence-electron chi connectivity index (χ1n) is 9.88. The third-order valence-corrected chi connectivity index (χ3v) is 4.91. The van der Waals surface area contributed by atoms with Gasteiger partial charge in [-0.15, -0.1) is 0 Å². The lowest BCUT2D eigenvalue weighted by Crippen LogP contribution is -2.18. The molecule has 4 rings (SSSR count). The molecule has 0 bridgehead atoms. The molecule has 1 heterocycles. The van der Waals surface area contributed by atoms with Gasteiger partial charge in [-0.3, -0.25) is 9.59 Å². The molecule has 1 saturated carbocycles. The second-order valence-electron chi connectivity index (χ2n) is 7.46. The van der Waals surface area contributed by atoms with Gasteiger partial charge >= 0.3 is 6.18 Å². The van der Waals surface area contributed by atoms with Crippen molar-refractivity contribution in [3.05, 3.63) is 77.7 Å². The van der Waals surface area contributed by atoms with Crippen LogP contribution in [0.1, 0.15) is 39.1 Å². The zero-order valence-corrected chi connectivity index (χ0v) is 16.7. The van der Waals surface area contributed by atoms with Gasteiger partial charge in [-0.1, -0.05) is 0 Å². The minimum Gasteiger partial charge on any atom is -0.493 e. The second kappa shape index (κ2) is 8.78. The number of rotatable bonds is 7. The molecule has 6 nitrogen and oxygen atoms in total. The van der Waals surface area contributed by atoms with E-state index in [0.29, 0.717) is 18.3 Å². The first-order chi connectivity index (χ1) is 15.3. The number of ether oxygens (including phenoxy) is 1. The van der Waals surface area contributed by atoms with Crippen molar-refractivity contribution < 1.29 is 31.9 Å². The molecule has 0 radical (unpaired) electrons. The highest BCUT2D eigenvalue weighted by Gasteiger charge is 2.34. The van der Waals surface area contributed by atoms with Crippen molar-refractivity contribution in [2.24, 2.45) is 5.92 Å². The van der Waals surface area contributed by atoms with Crippen LogP contribution in [0.5, 0.6) is 5.75 Å². The summed E-state index contributed by atoms with van der Waals surface area (Å²) in [5.41, 5.74) is -1.22. The van der Waals surface area contributed by atoms with Crippen LogP contribution in [-0.4, -0.2) is 18.4 Å². The molecule has 9 heteroatoms. The van der Waals surface area contributed by atoms with Crippen molar-refractivity contribution in [1.29, 1.82) is 0 Å². The zero-order valence-electron chi connectivity index (χ0n) is 16.7. The third-order valence-electron chi connectivity index (χ3n) is 4.91. The Morgan fingerprint density at radius 2 is 1.69 bits per heavy atom. The Balaban J connectivity index is 1.48. The maximum Gasteiger partial charge on any atom is 0.418 e. The Bertz CT molecular complexity index is 1110. The number of nitrogens with one attached hydrogen (secondary N) is 2. The summed E-state index contributed by atoms with van der Waals surface area (Å²) in [6, 6.07) is 10.7. The fraction of sp³-hybridized carbons (Fsp3) is 0.217. The van der Waals surface area contributed by atoms with Gasteiger partial charge in [0.25, 0.3) is 11.8 Å². The van der Waals surface area contributed by atoms with E-state index in [1.165, 1.54) is 36.8 Å². The lowest BCUT2D eigenvalue weighted by atomic mass is 10.1. The fourth-order valence-corrected chi connectivity index (χ4v) is 2.96. The van der Waals surface area contributed by atoms with Crippen molar-refractivity contribution >= 4 is 23.2 Å². The van der Waals surface area contributed by atoms with E-state index >= 15 is 0 Å². The summed E-state index contributed by atoms with van der Waals surface area (Å²) < 4.78 is 51.2. The minimum absolute atomic E-state index is 0.0707. The van der Waals surface area contributed by atoms with Gasteiger partial charge in [-0.05, 0) is 67.3 Å². The largest absolute Gasteiger partial charge is 0.493 e. The molecule has 0 atom stereocenters. The number of alkyl halides is 3. The molecule has 0 aliphatic heterocycles. The second-order valence-corrected chi connectivity index (χ2v) is 7.46. The summed E-state index contributed by atoms with van der Waals surface area (Å²) in [6.45, 7) is 0.615. The van der Waals surface area contributed by atoms with E-state index in [4.69, 9.17) is 9.15 Å². The van der Waals surface area contributed by atoms with E-state index in [9.17, 15) is 22.8 Å². The summed E-state index contributed by atoms with van der Waals surface area (Å²) >= 11 is 0. The van der Waals surface area contributed by atoms with Crippen LogP contribution in [0.3, 0.4) is 0 Å². The summed E-state index contributed by atoms with van der Waals surface area (Å²) in [4.78, 5) is 24.6. The molecule has 1 fully saturated rings. The van der Waals surface area contributed by atoms with Crippen LogP contribution in [0.4, 0.5) is 24.5 Å². The predicted octanol–water partition coefficient (Wildman–Crippen LogP) is 5.59. The first-order valence-corrected chi connectivity index (χ1v) is 9.88. The van der Waals surface area contributed by atoms with Crippen LogP contribution in [0.15, 0.2) is 65.5 Å². The van der Waals surface area contributed by atoms with Crippen LogP contribution in [0.2, 0.25) is 0 Å². The fourth-order valence-electron chi connectivity index (χ4n) is 2.96. The van der Waals surface area contributed by atoms with E-state index in [1.807, 2.05) is 0 Å². The standard InChI is InChI=1S/C23H19F3N2O4/c24-23(25,26)19-11-17(27-22(30)16-9-10-31-13-16)5-8-20(19)28-21(29)15-3-6-18(7-4-15)32-12-14-1-2-14/h3-11,13-14H,1-2,12H2,(H,27,30)(H,28,29). The quantitative estimate of drug-likeness (QED) is 0.498. The average Bonchev–Trinajstić information content (AvgIpc) is 3.43. The molecule has 1 aromatic heterocycles. The van der Waals surface area contributed by atoms with Gasteiger partial charge in [0.2, 0.25) is 0 Å². The molecule has 2 N–H and O–H groups in total. The Morgan fingerprint density at radius 1 is 0.969 bits per heavy atom. The van der Waals surface area contributed by atoms with E-state index in [2.05, 4.69) is 10.6 Å². The van der Waals surface area contributed by atoms with Crippen molar-refractivity contribution in [2.45, 2.75) is 19.0 Å². The minimum atomic E-state index is -4.75. The van der Waals surface area contributed by atoms with Crippen LogP contribution < -0.4 is 15.4 Å². The number of amides is 2. The number of anilines is 2. The molecule has 2 aromatic carbocycles. The molecular formula is C23H19F3N2O4. The van der Waals surface area contributed by atoms with E-state index < -0.39 is 29.2 Å². The summed E-state index contributed by atoms with van der Waals surface area (Å²) in [6.07, 6.45) is -0.00152. The Morgan fingerprint density at radius 3 is 2.31 bits per heavy atom. The molecule has 166 valence electrons. The highest BCUT2D eigenvalue weighted by atomic mass is 19.4. The van der Waals surface area contributed by atoms with E-state index in [1.54, 1.807) is 12.1 Å². The van der Waals surface area contributed by atoms with Crippen LogP contribution in [0, 0.1) is 5.92 Å². The third kappa shape index (κ3) is 5.29. The molecular weight excluding hydrogens is 425 g/mol. The smallest absolute Gasteiger partial charge is 0.418 e. The molecule has 32 heavy (non-hydrogen) atoms. The number of hydrogen-bond donors (Lipinski definition) is 2. The molecule has 0 spiro atoms. The van der Waals surface area contributed by atoms with Gasteiger partial charge in [0.15, 0.2) is 0 Å². The highest BCUT2D eigenvalue weighted by molar-refractivity contribution is 6.06. The van der Waals surface area contributed by atoms with Crippen molar-refractivity contribution in [1.82, 2.24) is 0 Å². The number of carbonyl (C=O) groups excluding carboxylic acids is 2. The first kappa shape index (κ1) is 21.5. The van der Waals surface area contributed by atoms with Crippen LogP contribution in [-0.2, 0) is 6.18 Å². The van der Waals surface area contributed by atoms with Gasteiger partial charge in [0.1, 0.15) is 12.0 Å². The normalized spacial score (nSPS) is 13.5. The Hall–Kier alpha value is -3.75. The molecule has 0 unspecified atom stereocenters. The molecule has 1 aliphatic rings. The highest BCUT2D eigenvalue weighted by Crippen LogP contribution is 2.37. The number of benzene rings is 2. The van der Waals surface area contributed by atoms with Crippen molar-refractivity contribution in [3.63, 3.8) is 0 Å². The molecule has 2 amide bonds. The molecule has 1 aliphatic carbocycles. The van der Waals surface area contributed by atoms with Gasteiger partial charge in [-0.2, -0.15) is 13.2 Å². The monoisotopic (exact) mass is 444 g/mol. The van der Waals surface area contributed by atoms with E-state index in [-0.39, 0.29) is 16.8 Å².